The van der Waals surface area contributed by atoms with Crippen LogP contribution in [0.3, 0.4) is 0 Å². The number of piperidine rings is 1. The van der Waals surface area contributed by atoms with Crippen molar-refractivity contribution in [3.63, 3.8) is 0 Å². The first-order valence-electron chi connectivity index (χ1n) is 6.58. The summed E-state index contributed by atoms with van der Waals surface area (Å²) >= 11 is 0. The van der Waals surface area contributed by atoms with E-state index in [1.807, 2.05) is 20.8 Å². The first-order valence-corrected chi connectivity index (χ1v) is 6.58. The molecule has 1 aliphatic heterocycles. The maximum atomic E-state index is 11.8. The third-order valence-corrected chi connectivity index (χ3v) is 2.79. The van der Waals surface area contributed by atoms with Crippen LogP contribution in [0.4, 0.5) is 4.79 Å². The summed E-state index contributed by atoms with van der Waals surface area (Å²) in [6, 6.07) is 0.112. The lowest BCUT2D eigenvalue weighted by atomic mass is 10.1. The van der Waals surface area contributed by atoms with Gasteiger partial charge in [0.05, 0.1) is 0 Å². The highest BCUT2D eigenvalue weighted by molar-refractivity contribution is 5.77. The van der Waals surface area contributed by atoms with E-state index < -0.39 is 5.60 Å². The van der Waals surface area contributed by atoms with E-state index in [1.165, 1.54) is 7.11 Å². The van der Waals surface area contributed by atoms with Crippen LogP contribution in [0.2, 0.25) is 0 Å². The first-order chi connectivity index (χ1) is 8.81. The number of rotatable bonds is 3. The van der Waals surface area contributed by atoms with Crippen molar-refractivity contribution < 1.29 is 19.1 Å². The molecule has 0 unspecified atom stereocenters. The van der Waals surface area contributed by atoms with Crippen molar-refractivity contribution in [3.8, 4) is 0 Å². The van der Waals surface area contributed by atoms with Gasteiger partial charge in [-0.2, -0.15) is 0 Å². The number of hydrogen-bond acceptors (Lipinski definition) is 4. The number of methoxy groups -OCH3 is 1. The molecule has 0 aromatic rings. The van der Waals surface area contributed by atoms with Gasteiger partial charge in [-0.15, -0.1) is 0 Å². The third-order valence-electron chi connectivity index (χ3n) is 2.79. The minimum atomic E-state index is -0.472. The molecule has 1 rings (SSSR count). The zero-order chi connectivity index (χ0) is 14.5. The molecule has 0 saturated carbocycles. The van der Waals surface area contributed by atoms with Gasteiger partial charge in [-0.05, 0) is 33.6 Å². The molecule has 0 spiro atoms. The van der Waals surface area contributed by atoms with Gasteiger partial charge < -0.3 is 19.7 Å². The molecular weight excluding hydrogens is 248 g/mol. The Labute approximate surface area is 114 Å². The molecule has 6 nitrogen and oxygen atoms in total. The fraction of sp³-hybridized carbons (Fsp3) is 0.846. The van der Waals surface area contributed by atoms with Crippen molar-refractivity contribution in [2.75, 3.05) is 26.8 Å². The Kier molecular flexibility index (Phi) is 5.60. The molecule has 0 aromatic heterocycles. The minimum absolute atomic E-state index is 0.0757. The normalized spacial score (nSPS) is 17.2. The van der Waals surface area contributed by atoms with Crippen molar-refractivity contribution >= 4 is 12.0 Å². The summed E-state index contributed by atoms with van der Waals surface area (Å²) in [5, 5.41) is 2.88. The van der Waals surface area contributed by atoms with Crippen LogP contribution >= 0.6 is 0 Å². The first kappa shape index (κ1) is 15.8. The van der Waals surface area contributed by atoms with Crippen LogP contribution in [0.15, 0.2) is 0 Å². The molecule has 110 valence electrons. The average Bonchev–Trinajstić information content (AvgIpc) is 2.27. The van der Waals surface area contributed by atoms with Crippen molar-refractivity contribution in [1.82, 2.24) is 10.2 Å². The molecule has 0 bridgehead atoms. The number of nitrogens with zero attached hydrogens (tertiary/aromatic N) is 1. The number of ether oxygens (including phenoxy) is 2. The molecule has 1 fully saturated rings. The lowest BCUT2D eigenvalue weighted by Crippen LogP contribution is -2.48. The minimum Gasteiger partial charge on any atom is -0.444 e. The van der Waals surface area contributed by atoms with Gasteiger partial charge in [-0.3, -0.25) is 4.79 Å². The molecule has 1 N–H and O–H groups in total. The van der Waals surface area contributed by atoms with Crippen LogP contribution in [0.5, 0.6) is 0 Å². The molecule has 2 amide bonds. The van der Waals surface area contributed by atoms with Crippen LogP contribution in [0.1, 0.15) is 33.6 Å². The quantitative estimate of drug-likeness (QED) is 0.837. The topological polar surface area (TPSA) is 67.9 Å². The number of carbonyl (C=O) groups is 2. The summed E-state index contributed by atoms with van der Waals surface area (Å²) in [6.07, 6.45) is 1.21. The van der Waals surface area contributed by atoms with Crippen molar-refractivity contribution in [1.29, 1.82) is 0 Å². The summed E-state index contributed by atoms with van der Waals surface area (Å²) in [7, 11) is 1.49. The fourth-order valence-corrected chi connectivity index (χ4v) is 1.93. The Morgan fingerprint density at radius 3 is 2.32 bits per heavy atom. The molecule has 0 radical (unpaired) electrons. The van der Waals surface area contributed by atoms with E-state index in [0.29, 0.717) is 13.1 Å². The van der Waals surface area contributed by atoms with E-state index in [9.17, 15) is 9.59 Å². The standard InChI is InChI=1S/C13H24N2O4/c1-13(2,3)19-12(17)15-7-5-10(6-8-15)14-11(16)9-18-4/h10H,5-9H2,1-4H3,(H,14,16). The van der Waals surface area contributed by atoms with Gasteiger partial charge in [-0.1, -0.05) is 0 Å². The van der Waals surface area contributed by atoms with Crippen LogP contribution in [0.25, 0.3) is 0 Å². The van der Waals surface area contributed by atoms with Crippen molar-refractivity contribution in [3.05, 3.63) is 0 Å². The number of likely N-dealkylation sites (tertiary alicyclic amines) is 1. The largest absolute Gasteiger partial charge is 0.444 e. The molecule has 1 saturated heterocycles. The van der Waals surface area contributed by atoms with Gasteiger partial charge in [0.25, 0.3) is 0 Å². The molecule has 6 heteroatoms. The van der Waals surface area contributed by atoms with Crippen molar-refractivity contribution in [2.45, 2.75) is 45.3 Å². The Balaban J connectivity index is 2.32. The number of carbonyl (C=O) groups excluding carboxylic acids is 2. The van der Waals surface area contributed by atoms with E-state index in [0.717, 1.165) is 12.8 Å². The third kappa shape index (κ3) is 5.92. The van der Waals surface area contributed by atoms with Gasteiger partial charge in [0.1, 0.15) is 12.2 Å². The second kappa shape index (κ2) is 6.75. The molecule has 1 heterocycles. The lowest BCUT2D eigenvalue weighted by Gasteiger charge is -2.33. The second-order valence-electron chi connectivity index (χ2n) is 5.74. The summed E-state index contributed by atoms with van der Waals surface area (Å²) in [5.41, 5.74) is -0.472. The molecule has 0 aromatic carbocycles. The SMILES string of the molecule is COCC(=O)NC1CCN(C(=O)OC(C)(C)C)CC1. The van der Waals surface area contributed by atoms with Crippen LogP contribution in [-0.4, -0.2) is 55.3 Å². The van der Waals surface area contributed by atoms with Gasteiger partial charge in [-0.25, -0.2) is 4.79 Å². The summed E-state index contributed by atoms with van der Waals surface area (Å²) in [5.74, 6) is -0.113. The maximum absolute atomic E-state index is 11.8. The Bertz CT molecular complexity index is 317. The summed E-state index contributed by atoms with van der Waals surface area (Å²) < 4.78 is 10.1. The van der Waals surface area contributed by atoms with Gasteiger partial charge in [0, 0.05) is 26.2 Å². The van der Waals surface area contributed by atoms with Crippen LogP contribution in [0, 0.1) is 0 Å². The van der Waals surface area contributed by atoms with E-state index in [-0.39, 0.29) is 24.6 Å². The van der Waals surface area contributed by atoms with E-state index in [2.05, 4.69) is 5.32 Å². The molecule has 19 heavy (non-hydrogen) atoms. The molecular formula is C13H24N2O4. The number of amides is 2. The predicted molar refractivity (Wildman–Crippen MR) is 70.8 cm³/mol. The molecule has 0 aliphatic carbocycles. The van der Waals surface area contributed by atoms with Crippen LogP contribution in [-0.2, 0) is 14.3 Å². The second-order valence-corrected chi connectivity index (χ2v) is 5.74. The highest BCUT2D eigenvalue weighted by Crippen LogP contribution is 2.15. The van der Waals surface area contributed by atoms with E-state index in [1.54, 1.807) is 4.90 Å². The van der Waals surface area contributed by atoms with E-state index >= 15 is 0 Å². The smallest absolute Gasteiger partial charge is 0.410 e. The molecule has 0 atom stereocenters. The zero-order valence-corrected chi connectivity index (χ0v) is 12.2. The zero-order valence-electron chi connectivity index (χ0n) is 12.2. The van der Waals surface area contributed by atoms with Gasteiger partial charge in [0.15, 0.2) is 0 Å². The average molecular weight is 272 g/mol. The Morgan fingerprint density at radius 1 is 1.26 bits per heavy atom. The maximum Gasteiger partial charge on any atom is 0.410 e. The highest BCUT2D eigenvalue weighted by atomic mass is 16.6. The summed E-state index contributed by atoms with van der Waals surface area (Å²) in [6.45, 7) is 6.83. The van der Waals surface area contributed by atoms with Gasteiger partial charge >= 0.3 is 6.09 Å². The lowest BCUT2D eigenvalue weighted by molar-refractivity contribution is -0.125. The van der Waals surface area contributed by atoms with Crippen molar-refractivity contribution in [2.24, 2.45) is 0 Å². The van der Waals surface area contributed by atoms with Crippen LogP contribution < -0.4 is 5.32 Å². The molecule has 1 aliphatic rings. The van der Waals surface area contributed by atoms with E-state index in [4.69, 9.17) is 9.47 Å². The number of nitrogens with one attached hydrogen (secondary N) is 1. The van der Waals surface area contributed by atoms with Gasteiger partial charge in [0.2, 0.25) is 5.91 Å². The fourth-order valence-electron chi connectivity index (χ4n) is 1.93. The number of hydrogen-bond donors (Lipinski definition) is 1. The summed E-state index contributed by atoms with van der Waals surface area (Å²) in [4.78, 5) is 24.9. The Hall–Kier alpha value is -1.30. The predicted octanol–water partition coefficient (Wildman–Crippen LogP) is 1.15. The Morgan fingerprint density at radius 2 is 1.84 bits per heavy atom. The monoisotopic (exact) mass is 272 g/mol. The highest BCUT2D eigenvalue weighted by Gasteiger charge is 2.27.